The van der Waals surface area contributed by atoms with E-state index >= 15 is 0 Å². The fraction of sp³-hybridized carbons (Fsp3) is 0.292. The number of rotatable bonds is 5. The van der Waals surface area contributed by atoms with Crippen LogP contribution in [0.25, 0.3) is 11.4 Å². The maximum Gasteiger partial charge on any atom is 0.254 e. The average molecular weight is 420 g/mol. The maximum absolute atomic E-state index is 14.1. The Bertz CT molecular complexity index is 1120. The van der Waals surface area contributed by atoms with E-state index in [1.807, 2.05) is 42.2 Å². The summed E-state index contributed by atoms with van der Waals surface area (Å²) in [6.07, 6.45) is 0.641. The van der Waals surface area contributed by atoms with Crippen molar-refractivity contribution in [2.45, 2.75) is 19.9 Å². The van der Waals surface area contributed by atoms with Crippen molar-refractivity contribution in [2.75, 3.05) is 31.1 Å². The molecule has 1 fully saturated rings. The molecule has 1 amide bonds. The van der Waals surface area contributed by atoms with Crippen LogP contribution in [-0.4, -0.2) is 46.5 Å². The summed E-state index contributed by atoms with van der Waals surface area (Å²) < 4.78 is 15.5. The summed E-state index contributed by atoms with van der Waals surface area (Å²) in [4.78, 5) is 34.1. The van der Waals surface area contributed by atoms with Gasteiger partial charge in [0.2, 0.25) is 5.91 Å². The number of aromatic nitrogens is 2. The van der Waals surface area contributed by atoms with E-state index in [4.69, 9.17) is 0 Å². The van der Waals surface area contributed by atoms with E-state index in [2.05, 4.69) is 4.98 Å². The molecule has 0 N–H and O–H groups in total. The summed E-state index contributed by atoms with van der Waals surface area (Å²) in [6.45, 7) is 3.91. The van der Waals surface area contributed by atoms with E-state index in [9.17, 15) is 14.0 Å². The molecule has 160 valence electrons. The highest BCUT2D eigenvalue weighted by atomic mass is 19.1. The molecular formula is C24H25FN4O2. The van der Waals surface area contributed by atoms with Gasteiger partial charge in [-0.1, -0.05) is 49.4 Å². The van der Waals surface area contributed by atoms with E-state index in [1.54, 1.807) is 23.1 Å². The zero-order chi connectivity index (χ0) is 21.8. The first-order chi connectivity index (χ1) is 15.1. The van der Waals surface area contributed by atoms with Gasteiger partial charge in [-0.25, -0.2) is 9.37 Å². The summed E-state index contributed by atoms with van der Waals surface area (Å²) in [5, 5.41) is 0. The number of amides is 1. The van der Waals surface area contributed by atoms with Gasteiger partial charge in [-0.2, -0.15) is 0 Å². The van der Waals surface area contributed by atoms with Gasteiger partial charge in [-0.15, -0.1) is 0 Å². The summed E-state index contributed by atoms with van der Waals surface area (Å²) in [5.74, 6) is 0.102. The third kappa shape index (κ3) is 4.50. The van der Waals surface area contributed by atoms with Crippen LogP contribution in [0.3, 0.4) is 0 Å². The molecular weight excluding hydrogens is 395 g/mol. The zero-order valence-electron chi connectivity index (χ0n) is 17.5. The number of benzene rings is 2. The van der Waals surface area contributed by atoms with Gasteiger partial charge >= 0.3 is 0 Å². The Hall–Kier alpha value is -3.48. The zero-order valence-corrected chi connectivity index (χ0v) is 17.5. The number of nitrogens with zero attached hydrogens (tertiary/aromatic N) is 4. The van der Waals surface area contributed by atoms with Crippen LogP contribution in [-0.2, 0) is 17.8 Å². The fourth-order valence-corrected chi connectivity index (χ4v) is 3.84. The van der Waals surface area contributed by atoms with Gasteiger partial charge in [0.05, 0.1) is 5.69 Å². The summed E-state index contributed by atoms with van der Waals surface area (Å²) in [6, 6.07) is 17.6. The highest BCUT2D eigenvalue weighted by Gasteiger charge is 2.24. The normalized spacial score (nSPS) is 14.0. The number of piperazine rings is 1. The molecule has 1 aromatic heterocycles. The Balaban J connectivity index is 1.52. The Labute approximate surface area is 180 Å². The second-order valence-corrected chi connectivity index (χ2v) is 7.53. The monoisotopic (exact) mass is 420 g/mol. The number of aryl methyl sites for hydroxylation is 1. The van der Waals surface area contributed by atoms with Crippen LogP contribution < -0.4 is 10.5 Å². The predicted molar refractivity (Wildman–Crippen MR) is 119 cm³/mol. The molecule has 1 aliphatic heterocycles. The summed E-state index contributed by atoms with van der Waals surface area (Å²) in [5.41, 5.74) is 1.82. The highest BCUT2D eigenvalue weighted by molar-refractivity contribution is 5.77. The van der Waals surface area contributed by atoms with Crippen molar-refractivity contribution in [2.24, 2.45) is 0 Å². The van der Waals surface area contributed by atoms with Crippen LogP contribution in [0.4, 0.5) is 10.1 Å². The van der Waals surface area contributed by atoms with Gasteiger partial charge in [-0.3, -0.25) is 14.2 Å². The van der Waals surface area contributed by atoms with Crippen LogP contribution >= 0.6 is 0 Å². The molecule has 0 saturated carbocycles. The standard InChI is InChI=1S/C24H25FN4O2/c1-2-19-16-22(30)29(24(26-19)18-8-4-3-5-9-18)17-23(31)28-14-12-27(13-15-28)21-11-7-6-10-20(21)25/h3-11,16H,2,12-15,17H2,1H3. The Morgan fingerprint density at radius 3 is 2.35 bits per heavy atom. The molecule has 4 rings (SSSR count). The number of carbonyl (C=O) groups is 1. The smallest absolute Gasteiger partial charge is 0.254 e. The maximum atomic E-state index is 14.1. The topological polar surface area (TPSA) is 58.4 Å². The van der Waals surface area contributed by atoms with Crippen LogP contribution in [0.15, 0.2) is 65.5 Å². The number of hydrogen-bond donors (Lipinski definition) is 0. The van der Waals surface area contributed by atoms with Crippen LogP contribution in [0.2, 0.25) is 0 Å². The van der Waals surface area contributed by atoms with Crippen LogP contribution in [0, 0.1) is 5.82 Å². The minimum Gasteiger partial charge on any atom is -0.366 e. The number of carbonyl (C=O) groups excluding carboxylic acids is 1. The van der Waals surface area contributed by atoms with Crippen molar-refractivity contribution in [3.8, 4) is 11.4 Å². The molecule has 1 aliphatic rings. The van der Waals surface area contributed by atoms with Crippen LogP contribution in [0.1, 0.15) is 12.6 Å². The van der Waals surface area contributed by atoms with Crippen molar-refractivity contribution in [1.29, 1.82) is 0 Å². The first-order valence-electron chi connectivity index (χ1n) is 10.5. The highest BCUT2D eigenvalue weighted by Crippen LogP contribution is 2.21. The lowest BCUT2D eigenvalue weighted by atomic mass is 10.2. The Kier molecular flexibility index (Phi) is 6.11. The molecule has 0 aliphatic carbocycles. The van der Waals surface area contributed by atoms with Gasteiger partial charge in [-0.05, 0) is 18.6 Å². The second-order valence-electron chi connectivity index (χ2n) is 7.53. The Morgan fingerprint density at radius 1 is 1.00 bits per heavy atom. The van der Waals surface area contributed by atoms with Gasteiger partial charge < -0.3 is 9.80 Å². The molecule has 31 heavy (non-hydrogen) atoms. The molecule has 0 atom stereocenters. The van der Waals surface area contributed by atoms with E-state index in [0.29, 0.717) is 49.8 Å². The molecule has 2 aromatic carbocycles. The lowest BCUT2D eigenvalue weighted by molar-refractivity contribution is -0.132. The minimum absolute atomic E-state index is 0.0697. The molecule has 6 nitrogen and oxygen atoms in total. The minimum atomic E-state index is -0.261. The molecule has 0 spiro atoms. The van der Waals surface area contributed by atoms with Crippen molar-refractivity contribution >= 4 is 11.6 Å². The first-order valence-corrected chi connectivity index (χ1v) is 10.5. The van der Waals surface area contributed by atoms with Gasteiger partial charge in [0.15, 0.2) is 0 Å². The molecule has 1 saturated heterocycles. The van der Waals surface area contributed by atoms with Crippen LogP contribution in [0.5, 0.6) is 0 Å². The van der Waals surface area contributed by atoms with E-state index in [-0.39, 0.29) is 23.8 Å². The SMILES string of the molecule is CCc1cc(=O)n(CC(=O)N2CCN(c3ccccc3F)CC2)c(-c2ccccc2)n1. The number of hydrogen-bond acceptors (Lipinski definition) is 4. The summed E-state index contributed by atoms with van der Waals surface area (Å²) in [7, 11) is 0. The quantitative estimate of drug-likeness (QED) is 0.637. The lowest BCUT2D eigenvalue weighted by Crippen LogP contribution is -2.50. The van der Waals surface area contributed by atoms with E-state index in [1.165, 1.54) is 16.7 Å². The molecule has 3 aromatic rings. The number of halogens is 1. The fourth-order valence-electron chi connectivity index (χ4n) is 3.84. The van der Waals surface area contributed by atoms with E-state index < -0.39 is 0 Å². The Morgan fingerprint density at radius 2 is 1.68 bits per heavy atom. The summed E-state index contributed by atoms with van der Waals surface area (Å²) >= 11 is 0. The molecule has 2 heterocycles. The molecule has 0 unspecified atom stereocenters. The van der Waals surface area contributed by atoms with E-state index in [0.717, 1.165) is 5.56 Å². The van der Waals surface area contributed by atoms with Crippen molar-refractivity contribution in [3.63, 3.8) is 0 Å². The third-order valence-corrected chi connectivity index (χ3v) is 5.57. The van der Waals surface area contributed by atoms with Gasteiger partial charge in [0.25, 0.3) is 5.56 Å². The third-order valence-electron chi connectivity index (χ3n) is 5.57. The van der Waals surface area contributed by atoms with Gasteiger partial charge in [0, 0.05) is 43.5 Å². The molecule has 0 bridgehead atoms. The van der Waals surface area contributed by atoms with Crippen molar-refractivity contribution in [1.82, 2.24) is 14.5 Å². The van der Waals surface area contributed by atoms with Crippen molar-refractivity contribution in [3.05, 3.63) is 82.5 Å². The number of anilines is 1. The van der Waals surface area contributed by atoms with Gasteiger partial charge in [0.1, 0.15) is 18.2 Å². The molecule has 0 radical (unpaired) electrons. The van der Waals surface area contributed by atoms with Crippen molar-refractivity contribution < 1.29 is 9.18 Å². The largest absolute Gasteiger partial charge is 0.366 e. The second kappa shape index (κ2) is 9.12. The average Bonchev–Trinajstić information content (AvgIpc) is 2.81. The lowest BCUT2D eigenvalue weighted by Gasteiger charge is -2.36. The molecule has 7 heteroatoms. The number of para-hydroxylation sites is 1. The first kappa shape index (κ1) is 20.8. The predicted octanol–water partition coefficient (Wildman–Crippen LogP) is 2.96.